The zero-order valence-electron chi connectivity index (χ0n) is 13.3. The zero-order chi connectivity index (χ0) is 19.4. The number of thioether (sulfide) groups is 1. The lowest BCUT2D eigenvalue weighted by Gasteiger charge is -2.09. The van der Waals surface area contributed by atoms with Gasteiger partial charge in [0.15, 0.2) is 11.7 Å². The Kier molecular flexibility index (Phi) is 5.78. The number of benzene rings is 1. The van der Waals surface area contributed by atoms with E-state index in [1.165, 1.54) is 35.6 Å². The minimum absolute atomic E-state index is 0.174. The van der Waals surface area contributed by atoms with Crippen LogP contribution >= 0.6 is 35.3 Å². The summed E-state index contributed by atoms with van der Waals surface area (Å²) in [5.74, 6) is -0.617. The molecule has 1 saturated heterocycles. The van der Waals surface area contributed by atoms with Gasteiger partial charge in [-0.1, -0.05) is 24.0 Å². The number of aromatic nitrogens is 1. The highest BCUT2D eigenvalue weighted by atomic mass is 32.2. The predicted molar refractivity (Wildman–Crippen MR) is 106 cm³/mol. The Morgan fingerprint density at radius 3 is 2.93 bits per heavy atom. The van der Waals surface area contributed by atoms with E-state index in [2.05, 4.69) is 15.6 Å². The Morgan fingerprint density at radius 1 is 1.48 bits per heavy atom. The summed E-state index contributed by atoms with van der Waals surface area (Å²) in [6.07, 6.45) is 2.98. The lowest BCUT2D eigenvalue weighted by molar-refractivity contribution is -0.384. The van der Waals surface area contributed by atoms with E-state index in [0.29, 0.717) is 9.45 Å². The molecule has 0 unspecified atom stereocenters. The third kappa shape index (κ3) is 4.87. The molecule has 9 nitrogen and oxygen atoms in total. The van der Waals surface area contributed by atoms with E-state index < -0.39 is 16.7 Å². The van der Waals surface area contributed by atoms with Gasteiger partial charge < -0.3 is 10.1 Å². The van der Waals surface area contributed by atoms with Crippen molar-refractivity contribution < 1.29 is 19.2 Å². The van der Waals surface area contributed by atoms with Gasteiger partial charge in [0.05, 0.1) is 9.83 Å². The standard InChI is InChI=1S/C15H10N4O5S3/c20-12(17-14-16-3-4-26-14)7-24-10-2-1-9(19(22)23)5-8(10)6-11-13(21)18-15(25)27-11/h1-6H,7H2,(H,16,17,20)(H,18,21,25). The minimum atomic E-state index is -0.562. The van der Waals surface area contributed by atoms with Crippen LogP contribution in [0, 0.1) is 10.1 Å². The number of amides is 2. The number of nitrogens with zero attached hydrogens (tertiary/aromatic N) is 2. The van der Waals surface area contributed by atoms with Crippen LogP contribution in [0.25, 0.3) is 6.08 Å². The van der Waals surface area contributed by atoms with Crippen molar-refractivity contribution in [1.82, 2.24) is 10.3 Å². The molecule has 0 aliphatic carbocycles. The summed E-state index contributed by atoms with van der Waals surface area (Å²) in [7, 11) is 0. The Balaban J connectivity index is 1.80. The van der Waals surface area contributed by atoms with E-state index >= 15 is 0 Å². The van der Waals surface area contributed by atoms with Crippen molar-refractivity contribution in [2.45, 2.75) is 0 Å². The van der Waals surface area contributed by atoms with Gasteiger partial charge in [-0.25, -0.2) is 4.98 Å². The van der Waals surface area contributed by atoms with Crippen molar-refractivity contribution in [2.75, 3.05) is 11.9 Å². The molecule has 1 aromatic heterocycles. The van der Waals surface area contributed by atoms with Crippen LogP contribution < -0.4 is 15.4 Å². The van der Waals surface area contributed by atoms with Gasteiger partial charge in [0.25, 0.3) is 17.5 Å². The average molecular weight is 422 g/mol. The van der Waals surface area contributed by atoms with Gasteiger partial charge in [-0.05, 0) is 12.1 Å². The highest BCUT2D eigenvalue weighted by Crippen LogP contribution is 2.31. The molecule has 1 fully saturated rings. The lowest BCUT2D eigenvalue weighted by atomic mass is 10.1. The predicted octanol–water partition coefficient (Wildman–Crippen LogP) is 2.56. The normalized spacial score (nSPS) is 14.9. The minimum Gasteiger partial charge on any atom is -0.483 e. The number of hydrogen-bond acceptors (Lipinski definition) is 9. The number of carbonyl (C=O) groups is 2. The number of carbonyl (C=O) groups excluding carboxylic acids is 2. The average Bonchev–Trinajstić information content (AvgIpc) is 3.23. The molecule has 1 aromatic carbocycles. The van der Waals surface area contributed by atoms with Gasteiger partial charge in [-0.15, -0.1) is 11.3 Å². The van der Waals surface area contributed by atoms with Crippen molar-refractivity contribution in [3.63, 3.8) is 0 Å². The topological polar surface area (TPSA) is 123 Å². The first kappa shape index (κ1) is 18.9. The maximum absolute atomic E-state index is 11.9. The van der Waals surface area contributed by atoms with Crippen LogP contribution in [0.15, 0.2) is 34.7 Å². The van der Waals surface area contributed by atoms with Crippen LogP contribution in [-0.4, -0.2) is 32.6 Å². The summed E-state index contributed by atoms with van der Waals surface area (Å²) >= 11 is 7.22. The van der Waals surface area contributed by atoms with E-state index in [1.807, 2.05) is 0 Å². The third-order valence-electron chi connectivity index (χ3n) is 3.17. The number of rotatable bonds is 6. The maximum Gasteiger partial charge on any atom is 0.270 e. The van der Waals surface area contributed by atoms with Gasteiger partial charge in [0.1, 0.15) is 10.1 Å². The molecule has 12 heteroatoms. The summed E-state index contributed by atoms with van der Waals surface area (Å²) < 4.78 is 5.77. The smallest absolute Gasteiger partial charge is 0.270 e. The number of thiazole rings is 1. The molecule has 0 spiro atoms. The molecular weight excluding hydrogens is 412 g/mol. The number of nitrogens with one attached hydrogen (secondary N) is 2. The summed E-state index contributed by atoms with van der Waals surface area (Å²) in [5, 5.41) is 18.2. The molecule has 0 saturated carbocycles. The second-order valence-corrected chi connectivity index (χ2v) is 7.62. The van der Waals surface area contributed by atoms with Crippen LogP contribution in [0.4, 0.5) is 10.8 Å². The molecule has 27 heavy (non-hydrogen) atoms. The number of hydrogen-bond donors (Lipinski definition) is 2. The Hall–Kier alpha value is -2.83. The SMILES string of the molecule is O=C(COc1ccc([N+](=O)[O-])cc1C=C1SC(=S)NC1=O)Nc1nccs1. The summed E-state index contributed by atoms with van der Waals surface area (Å²) in [4.78, 5) is 38.4. The highest BCUT2D eigenvalue weighted by Gasteiger charge is 2.23. The van der Waals surface area contributed by atoms with E-state index in [0.717, 1.165) is 11.8 Å². The highest BCUT2D eigenvalue weighted by molar-refractivity contribution is 8.26. The lowest BCUT2D eigenvalue weighted by Crippen LogP contribution is -2.20. The number of nitro groups is 1. The Labute approximate surface area is 166 Å². The number of ether oxygens (including phenoxy) is 1. The molecule has 0 atom stereocenters. The Morgan fingerprint density at radius 2 is 2.30 bits per heavy atom. The molecular formula is C15H10N4O5S3. The first-order chi connectivity index (χ1) is 12.9. The molecule has 2 amide bonds. The zero-order valence-corrected chi connectivity index (χ0v) is 15.8. The van der Waals surface area contributed by atoms with E-state index in [4.69, 9.17) is 17.0 Å². The Bertz CT molecular complexity index is 958. The molecule has 2 N–H and O–H groups in total. The van der Waals surface area contributed by atoms with Crippen LogP contribution in [0.2, 0.25) is 0 Å². The van der Waals surface area contributed by atoms with Gasteiger partial charge in [0.2, 0.25) is 0 Å². The van der Waals surface area contributed by atoms with E-state index in [1.54, 1.807) is 11.6 Å². The molecule has 2 aromatic rings. The van der Waals surface area contributed by atoms with Gasteiger partial charge in [-0.3, -0.25) is 25.0 Å². The largest absolute Gasteiger partial charge is 0.483 e. The van der Waals surface area contributed by atoms with Crippen molar-refractivity contribution in [2.24, 2.45) is 0 Å². The van der Waals surface area contributed by atoms with Crippen LogP contribution in [-0.2, 0) is 9.59 Å². The number of nitro benzene ring substituents is 1. The van der Waals surface area contributed by atoms with Crippen molar-refractivity contribution >= 4 is 68.3 Å². The van der Waals surface area contributed by atoms with Gasteiger partial charge >= 0.3 is 0 Å². The van der Waals surface area contributed by atoms with Crippen LogP contribution in [0.1, 0.15) is 5.56 Å². The van der Waals surface area contributed by atoms with E-state index in [9.17, 15) is 19.7 Å². The number of non-ortho nitro benzene ring substituents is 1. The molecule has 1 aliphatic heterocycles. The fraction of sp³-hybridized carbons (Fsp3) is 0.0667. The second-order valence-electron chi connectivity index (χ2n) is 5.01. The monoisotopic (exact) mass is 422 g/mol. The molecule has 3 rings (SSSR count). The molecule has 0 radical (unpaired) electrons. The molecule has 138 valence electrons. The van der Waals surface area contributed by atoms with E-state index in [-0.39, 0.29) is 28.5 Å². The quantitative estimate of drug-likeness (QED) is 0.315. The molecule has 0 bridgehead atoms. The first-order valence-electron chi connectivity index (χ1n) is 7.28. The summed E-state index contributed by atoms with van der Waals surface area (Å²) in [6.45, 7) is -0.328. The van der Waals surface area contributed by atoms with Gasteiger partial charge in [-0.2, -0.15) is 0 Å². The van der Waals surface area contributed by atoms with Gasteiger partial charge in [0, 0.05) is 29.3 Å². The summed E-state index contributed by atoms with van der Waals surface area (Å²) in [6, 6.07) is 3.88. The molecule has 2 heterocycles. The fourth-order valence-corrected chi connectivity index (χ4v) is 3.62. The van der Waals surface area contributed by atoms with Crippen molar-refractivity contribution in [1.29, 1.82) is 0 Å². The maximum atomic E-state index is 11.9. The fourth-order valence-electron chi connectivity index (χ4n) is 2.04. The number of thiocarbonyl (C=S) groups is 1. The first-order valence-corrected chi connectivity index (χ1v) is 9.38. The van der Waals surface area contributed by atoms with Crippen LogP contribution in [0.3, 0.4) is 0 Å². The number of anilines is 1. The van der Waals surface area contributed by atoms with Crippen molar-refractivity contribution in [3.05, 3.63) is 50.4 Å². The third-order valence-corrected chi connectivity index (χ3v) is 5.02. The van der Waals surface area contributed by atoms with Crippen LogP contribution in [0.5, 0.6) is 5.75 Å². The summed E-state index contributed by atoms with van der Waals surface area (Å²) in [5.41, 5.74) is 0.112. The molecule has 1 aliphatic rings. The van der Waals surface area contributed by atoms with Crippen molar-refractivity contribution in [3.8, 4) is 5.75 Å². The second kappa shape index (κ2) is 8.24.